The summed E-state index contributed by atoms with van der Waals surface area (Å²) in [6, 6.07) is 1.63. The SMILES string of the molecule is CCNCCC(=O)Nc1nc(C)cc(Cl)n1. The largest absolute Gasteiger partial charge is 0.316 e. The average Bonchev–Trinajstić information content (AvgIpc) is 2.16. The van der Waals surface area contributed by atoms with Crippen molar-refractivity contribution < 1.29 is 4.79 Å². The van der Waals surface area contributed by atoms with E-state index in [-0.39, 0.29) is 11.9 Å². The zero-order valence-electron chi connectivity index (χ0n) is 9.38. The average molecular weight is 243 g/mol. The van der Waals surface area contributed by atoms with E-state index in [9.17, 15) is 4.79 Å². The summed E-state index contributed by atoms with van der Waals surface area (Å²) >= 11 is 5.75. The number of aryl methyl sites for hydroxylation is 1. The Balaban J connectivity index is 2.49. The van der Waals surface area contributed by atoms with E-state index in [2.05, 4.69) is 20.6 Å². The number of halogens is 1. The Kier molecular flexibility index (Phi) is 5.14. The van der Waals surface area contributed by atoms with Gasteiger partial charge in [-0.1, -0.05) is 18.5 Å². The fraction of sp³-hybridized carbons (Fsp3) is 0.500. The first-order chi connectivity index (χ1) is 7.61. The standard InChI is InChI=1S/C10H15ClN4O/c1-3-12-5-4-9(16)15-10-13-7(2)6-8(11)14-10/h6,12H,3-5H2,1-2H3,(H,13,14,15,16). The molecule has 0 aromatic carbocycles. The Morgan fingerprint density at radius 1 is 1.50 bits per heavy atom. The number of aromatic nitrogens is 2. The molecule has 1 rings (SSSR count). The van der Waals surface area contributed by atoms with Gasteiger partial charge in [-0.2, -0.15) is 0 Å². The monoisotopic (exact) mass is 242 g/mol. The molecule has 2 N–H and O–H groups in total. The van der Waals surface area contributed by atoms with Crippen molar-refractivity contribution in [1.29, 1.82) is 0 Å². The number of anilines is 1. The van der Waals surface area contributed by atoms with Crippen molar-refractivity contribution in [1.82, 2.24) is 15.3 Å². The van der Waals surface area contributed by atoms with Crippen LogP contribution in [0.1, 0.15) is 19.0 Å². The number of rotatable bonds is 5. The molecule has 0 saturated carbocycles. The quantitative estimate of drug-likeness (QED) is 0.605. The first-order valence-electron chi connectivity index (χ1n) is 5.13. The third-order valence-electron chi connectivity index (χ3n) is 1.85. The third-order valence-corrected chi connectivity index (χ3v) is 2.05. The molecule has 0 radical (unpaired) electrons. The molecule has 0 aliphatic carbocycles. The molecule has 0 aliphatic heterocycles. The van der Waals surface area contributed by atoms with Gasteiger partial charge in [0.2, 0.25) is 11.9 Å². The van der Waals surface area contributed by atoms with E-state index < -0.39 is 0 Å². The number of hydrogen-bond donors (Lipinski definition) is 2. The second-order valence-corrected chi connectivity index (χ2v) is 3.69. The summed E-state index contributed by atoms with van der Waals surface area (Å²) in [5, 5.41) is 5.99. The van der Waals surface area contributed by atoms with Gasteiger partial charge in [-0.25, -0.2) is 9.97 Å². The third kappa shape index (κ3) is 4.55. The zero-order valence-corrected chi connectivity index (χ0v) is 10.1. The molecule has 88 valence electrons. The van der Waals surface area contributed by atoms with Crippen molar-refractivity contribution >= 4 is 23.5 Å². The van der Waals surface area contributed by atoms with Crippen LogP contribution in [0, 0.1) is 6.92 Å². The first-order valence-corrected chi connectivity index (χ1v) is 5.51. The van der Waals surface area contributed by atoms with Gasteiger partial charge in [0, 0.05) is 18.7 Å². The van der Waals surface area contributed by atoms with Gasteiger partial charge < -0.3 is 5.32 Å². The maximum atomic E-state index is 11.4. The zero-order chi connectivity index (χ0) is 12.0. The van der Waals surface area contributed by atoms with Gasteiger partial charge in [0.05, 0.1) is 0 Å². The van der Waals surface area contributed by atoms with E-state index in [1.165, 1.54) is 0 Å². The predicted octanol–water partition coefficient (Wildman–Crippen LogP) is 1.38. The van der Waals surface area contributed by atoms with Gasteiger partial charge in [-0.3, -0.25) is 10.1 Å². The Labute approximate surface area is 99.6 Å². The van der Waals surface area contributed by atoms with Gasteiger partial charge in [-0.15, -0.1) is 0 Å². The summed E-state index contributed by atoms with van der Waals surface area (Å²) < 4.78 is 0. The summed E-state index contributed by atoms with van der Waals surface area (Å²) in [6.07, 6.45) is 0.392. The highest BCUT2D eigenvalue weighted by Crippen LogP contribution is 2.09. The maximum Gasteiger partial charge on any atom is 0.231 e. The van der Waals surface area contributed by atoms with Crippen LogP contribution in [0.25, 0.3) is 0 Å². The van der Waals surface area contributed by atoms with Crippen LogP contribution in [0.2, 0.25) is 5.15 Å². The highest BCUT2D eigenvalue weighted by molar-refractivity contribution is 6.29. The van der Waals surface area contributed by atoms with Crippen LogP contribution in [0.4, 0.5) is 5.95 Å². The molecular weight excluding hydrogens is 228 g/mol. The van der Waals surface area contributed by atoms with Crippen molar-refractivity contribution in [3.8, 4) is 0 Å². The van der Waals surface area contributed by atoms with Gasteiger partial charge in [-0.05, 0) is 19.5 Å². The van der Waals surface area contributed by atoms with E-state index in [1.54, 1.807) is 13.0 Å². The first kappa shape index (κ1) is 12.9. The maximum absolute atomic E-state index is 11.4. The van der Waals surface area contributed by atoms with Crippen molar-refractivity contribution in [2.24, 2.45) is 0 Å². The number of amides is 1. The van der Waals surface area contributed by atoms with Crippen LogP contribution >= 0.6 is 11.6 Å². The van der Waals surface area contributed by atoms with Gasteiger partial charge in [0.1, 0.15) is 5.15 Å². The Morgan fingerprint density at radius 3 is 2.88 bits per heavy atom. The molecule has 16 heavy (non-hydrogen) atoms. The van der Waals surface area contributed by atoms with Crippen LogP contribution in [0.3, 0.4) is 0 Å². The predicted molar refractivity (Wildman–Crippen MR) is 63.6 cm³/mol. The lowest BCUT2D eigenvalue weighted by molar-refractivity contribution is -0.116. The molecule has 0 atom stereocenters. The second kappa shape index (κ2) is 6.40. The molecule has 5 nitrogen and oxygen atoms in total. The number of hydrogen-bond acceptors (Lipinski definition) is 4. The van der Waals surface area contributed by atoms with E-state index in [4.69, 9.17) is 11.6 Å². The lowest BCUT2D eigenvalue weighted by atomic mass is 10.4. The summed E-state index contributed by atoms with van der Waals surface area (Å²) in [7, 11) is 0. The van der Waals surface area contributed by atoms with Crippen LogP contribution in [0.5, 0.6) is 0 Å². The summed E-state index contributed by atoms with van der Waals surface area (Å²) in [5.41, 5.74) is 0.724. The fourth-order valence-electron chi connectivity index (χ4n) is 1.15. The highest BCUT2D eigenvalue weighted by atomic mass is 35.5. The van der Waals surface area contributed by atoms with Gasteiger partial charge in [0.15, 0.2) is 0 Å². The van der Waals surface area contributed by atoms with Crippen molar-refractivity contribution in [2.45, 2.75) is 20.3 Å². The minimum atomic E-state index is -0.123. The number of carbonyl (C=O) groups excluding carboxylic acids is 1. The van der Waals surface area contributed by atoms with E-state index in [1.807, 2.05) is 6.92 Å². The van der Waals surface area contributed by atoms with E-state index in [0.717, 1.165) is 12.2 Å². The summed E-state index contributed by atoms with van der Waals surface area (Å²) in [5.74, 6) is 0.133. The molecule has 0 aliphatic rings. The van der Waals surface area contributed by atoms with Crippen LogP contribution in [-0.4, -0.2) is 29.0 Å². The molecular formula is C10H15ClN4O. The molecule has 0 bridgehead atoms. The number of carbonyl (C=O) groups is 1. The lowest BCUT2D eigenvalue weighted by Gasteiger charge is -2.05. The number of nitrogens with one attached hydrogen (secondary N) is 2. The highest BCUT2D eigenvalue weighted by Gasteiger charge is 2.05. The lowest BCUT2D eigenvalue weighted by Crippen LogP contribution is -2.22. The topological polar surface area (TPSA) is 66.9 Å². The Bertz CT molecular complexity index is 350. The van der Waals surface area contributed by atoms with Crippen molar-refractivity contribution in [3.63, 3.8) is 0 Å². The Hall–Kier alpha value is -1.20. The van der Waals surface area contributed by atoms with Crippen molar-refractivity contribution in [3.05, 3.63) is 16.9 Å². The molecule has 1 heterocycles. The summed E-state index contributed by atoms with van der Waals surface area (Å²) in [4.78, 5) is 19.4. The number of nitrogens with zero attached hydrogens (tertiary/aromatic N) is 2. The van der Waals surface area contributed by atoms with E-state index in [0.29, 0.717) is 18.1 Å². The smallest absolute Gasteiger partial charge is 0.231 e. The van der Waals surface area contributed by atoms with Gasteiger partial charge in [0.25, 0.3) is 0 Å². The van der Waals surface area contributed by atoms with E-state index >= 15 is 0 Å². The van der Waals surface area contributed by atoms with Crippen molar-refractivity contribution in [2.75, 3.05) is 18.4 Å². The Morgan fingerprint density at radius 2 is 2.25 bits per heavy atom. The summed E-state index contributed by atoms with van der Waals surface area (Å²) in [6.45, 7) is 5.27. The molecule has 0 spiro atoms. The minimum Gasteiger partial charge on any atom is -0.316 e. The molecule has 6 heteroatoms. The molecule has 0 unspecified atom stereocenters. The fourth-order valence-corrected chi connectivity index (χ4v) is 1.39. The normalized spacial score (nSPS) is 10.2. The van der Waals surface area contributed by atoms with Crippen LogP contribution in [0.15, 0.2) is 6.07 Å². The van der Waals surface area contributed by atoms with Crippen LogP contribution < -0.4 is 10.6 Å². The van der Waals surface area contributed by atoms with Gasteiger partial charge >= 0.3 is 0 Å². The second-order valence-electron chi connectivity index (χ2n) is 3.31. The molecule has 1 amide bonds. The molecule has 0 fully saturated rings. The molecule has 1 aromatic heterocycles. The molecule has 0 saturated heterocycles. The minimum absolute atomic E-state index is 0.123. The molecule has 1 aromatic rings. The van der Waals surface area contributed by atoms with Crippen LogP contribution in [-0.2, 0) is 4.79 Å².